The van der Waals surface area contributed by atoms with Crippen molar-refractivity contribution >= 4 is 11.6 Å². The minimum Gasteiger partial charge on any atom is -0.493 e. The first-order chi connectivity index (χ1) is 12.0. The van der Waals surface area contributed by atoms with Crippen molar-refractivity contribution in [3.05, 3.63) is 48.3 Å². The van der Waals surface area contributed by atoms with Gasteiger partial charge in [0.1, 0.15) is 6.61 Å². The standard InChI is InChI=1S/C19H25N3O3/c1-4-9-19(2,20)18(23)22-15-5-6-16(24-3)17(12-15)25-13-14-7-10-21-11-8-14/h5-8,10-12H,4,9,13,20H2,1-3H3,(H,22,23). The van der Waals surface area contributed by atoms with Crippen molar-refractivity contribution in [1.29, 1.82) is 0 Å². The summed E-state index contributed by atoms with van der Waals surface area (Å²) in [5.74, 6) is 0.919. The Bertz CT molecular complexity index is 702. The second-order valence-electron chi connectivity index (χ2n) is 6.13. The summed E-state index contributed by atoms with van der Waals surface area (Å²) < 4.78 is 11.2. The summed E-state index contributed by atoms with van der Waals surface area (Å²) in [6.07, 6.45) is 4.87. The van der Waals surface area contributed by atoms with Gasteiger partial charge in [-0.2, -0.15) is 0 Å². The molecule has 6 nitrogen and oxygen atoms in total. The van der Waals surface area contributed by atoms with Gasteiger partial charge < -0.3 is 20.5 Å². The van der Waals surface area contributed by atoms with Crippen LogP contribution >= 0.6 is 0 Å². The molecule has 0 aliphatic carbocycles. The van der Waals surface area contributed by atoms with E-state index in [0.717, 1.165) is 12.0 Å². The van der Waals surface area contributed by atoms with Crippen LogP contribution in [0.2, 0.25) is 0 Å². The molecule has 25 heavy (non-hydrogen) atoms. The Morgan fingerprint density at radius 1 is 1.24 bits per heavy atom. The highest BCUT2D eigenvalue weighted by Crippen LogP contribution is 2.31. The van der Waals surface area contributed by atoms with Crippen LogP contribution < -0.4 is 20.5 Å². The third-order valence-corrected chi connectivity index (χ3v) is 3.85. The number of amides is 1. The number of carbonyl (C=O) groups is 1. The lowest BCUT2D eigenvalue weighted by Crippen LogP contribution is -2.48. The monoisotopic (exact) mass is 343 g/mol. The zero-order chi connectivity index (χ0) is 18.3. The maximum Gasteiger partial charge on any atom is 0.244 e. The van der Waals surface area contributed by atoms with E-state index in [2.05, 4.69) is 10.3 Å². The highest BCUT2D eigenvalue weighted by Gasteiger charge is 2.27. The molecule has 1 unspecified atom stereocenters. The molecular weight excluding hydrogens is 318 g/mol. The third-order valence-electron chi connectivity index (χ3n) is 3.85. The first-order valence-corrected chi connectivity index (χ1v) is 8.26. The van der Waals surface area contributed by atoms with Gasteiger partial charge in [-0.1, -0.05) is 13.3 Å². The number of aromatic nitrogens is 1. The van der Waals surface area contributed by atoms with Gasteiger partial charge in [-0.3, -0.25) is 9.78 Å². The highest BCUT2D eigenvalue weighted by atomic mass is 16.5. The zero-order valence-corrected chi connectivity index (χ0v) is 14.9. The Balaban J connectivity index is 2.12. The smallest absolute Gasteiger partial charge is 0.244 e. The van der Waals surface area contributed by atoms with Crippen molar-refractivity contribution in [3.8, 4) is 11.5 Å². The molecule has 2 rings (SSSR count). The van der Waals surface area contributed by atoms with Crippen LogP contribution in [0.25, 0.3) is 0 Å². The number of hydrogen-bond donors (Lipinski definition) is 2. The first kappa shape index (κ1) is 18.7. The van der Waals surface area contributed by atoms with Crippen molar-refractivity contribution in [2.45, 2.75) is 38.8 Å². The topological polar surface area (TPSA) is 86.5 Å². The zero-order valence-electron chi connectivity index (χ0n) is 14.9. The minimum atomic E-state index is -0.910. The van der Waals surface area contributed by atoms with Gasteiger partial charge in [0.2, 0.25) is 5.91 Å². The van der Waals surface area contributed by atoms with Gasteiger partial charge in [-0.25, -0.2) is 0 Å². The summed E-state index contributed by atoms with van der Waals surface area (Å²) in [4.78, 5) is 16.3. The number of nitrogens with zero attached hydrogens (tertiary/aromatic N) is 1. The molecule has 0 saturated carbocycles. The largest absolute Gasteiger partial charge is 0.493 e. The van der Waals surface area contributed by atoms with Crippen LogP contribution in [0.4, 0.5) is 5.69 Å². The second kappa shape index (κ2) is 8.48. The van der Waals surface area contributed by atoms with Crippen molar-refractivity contribution < 1.29 is 14.3 Å². The fraction of sp³-hybridized carbons (Fsp3) is 0.368. The number of methoxy groups -OCH3 is 1. The average Bonchev–Trinajstić information content (AvgIpc) is 2.61. The summed E-state index contributed by atoms with van der Waals surface area (Å²) in [6, 6.07) is 9.01. The Morgan fingerprint density at radius 3 is 2.60 bits per heavy atom. The molecule has 3 N–H and O–H groups in total. The maximum atomic E-state index is 12.4. The second-order valence-corrected chi connectivity index (χ2v) is 6.13. The molecule has 2 aromatic rings. The number of anilines is 1. The Kier molecular flexibility index (Phi) is 6.36. The molecule has 134 valence electrons. The Labute approximate surface area is 148 Å². The van der Waals surface area contributed by atoms with Gasteiger partial charge in [0.05, 0.1) is 12.6 Å². The van der Waals surface area contributed by atoms with E-state index >= 15 is 0 Å². The molecule has 0 aliphatic heterocycles. The van der Waals surface area contributed by atoms with Gasteiger partial charge in [0.25, 0.3) is 0 Å². The van der Waals surface area contributed by atoms with Crippen LogP contribution in [0.5, 0.6) is 11.5 Å². The van der Waals surface area contributed by atoms with E-state index in [1.807, 2.05) is 19.1 Å². The molecule has 0 radical (unpaired) electrons. The van der Waals surface area contributed by atoms with E-state index in [1.54, 1.807) is 44.6 Å². The first-order valence-electron chi connectivity index (χ1n) is 8.26. The molecule has 0 aliphatic rings. The quantitative estimate of drug-likeness (QED) is 0.769. The van der Waals surface area contributed by atoms with Crippen LogP contribution in [-0.2, 0) is 11.4 Å². The number of carbonyl (C=O) groups excluding carboxylic acids is 1. The fourth-order valence-corrected chi connectivity index (χ4v) is 2.41. The van der Waals surface area contributed by atoms with Gasteiger partial charge in [0.15, 0.2) is 11.5 Å². The maximum absolute atomic E-state index is 12.4. The molecule has 1 heterocycles. The van der Waals surface area contributed by atoms with Gasteiger partial charge in [0, 0.05) is 24.1 Å². The van der Waals surface area contributed by atoms with Crippen molar-refractivity contribution in [2.24, 2.45) is 5.73 Å². The van der Waals surface area contributed by atoms with Crippen LogP contribution in [0.3, 0.4) is 0 Å². The Hall–Kier alpha value is -2.60. The van der Waals surface area contributed by atoms with Crippen LogP contribution in [-0.4, -0.2) is 23.5 Å². The van der Waals surface area contributed by atoms with E-state index in [4.69, 9.17) is 15.2 Å². The number of pyridine rings is 1. The third kappa shape index (κ3) is 5.19. The lowest BCUT2D eigenvalue weighted by Gasteiger charge is -2.23. The molecule has 0 bridgehead atoms. The van der Waals surface area contributed by atoms with Crippen molar-refractivity contribution in [1.82, 2.24) is 4.98 Å². The lowest BCUT2D eigenvalue weighted by molar-refractivity contribution is -0.120. The van der Waals surface area contributed by atoms with Crippen LogP contribution in [0, 0.1) is 0 Å². The predicted octanol–water partition coefficient (Wildman–Crippen LogP) is 3.13. The molecule has 0 spiro atoms. The molecule has 1 amide bonds. The normalized spacial score (nSPS) is 13.0. The summed E-state index contributed by atoms with van der Waals surface area (Å²) in [5.41, 5.74) is 6.77. The van der Waals surface area contributed by atoms with Gasteiger partial charge in [-0.15, -0.1) is 0 Å². The van der Waals surface area contributed by atoms with Gasteiger partial charge >= 0.3 is 0 Å². The van der Waals surface area contributed by atoms with E-state index in [9.17, 15) is 4.79 Å². The van der Waals surface area contributed by atoms with Gasteiger partial charge in [-0.05, 0) is 43.2 Å². The van der Waals surface area contributed by atoms with Crippen LogP contribution in [0.1, 0.15) is 32.3 Å². The molecule has 0 saturated heterocycles. The van der Waals surface area contributed by atoms with E-state index < -0.39 is 5.54 Å². The lowest BCUT2D eigenvalue weighted by atomic mass is 9.96. The van der Waals surface area contributed by atoms with Crippen molar-refractivity contribution in [3.63, 3.8) is 0 Å². The van der Waals surface area contributed by atoms with E-state index in [1.165, 1.54) is 0 Å². The van der Waals surface area contributed by atoms with E-state index in [0.29, 0.717) is 30.2 Å². The molecular formula is C19H25N3O3. The van der Waals surface area contributed by atoms with Crippen molar-refractivity contribution in [2.75, 3.05) is 12.4 Å². The Morgan fingerprint density at radius 2 is 1.96 bits per heavy atom. The molecule has 6 heteroatoms. The molecule has 1 atom stereocenters. The predicted molar refractivity (Wildman–Crippen MR) is 97.7 cm³/mol. The highest BCUT2D eigenvalue weighted by molar-refractivity contribution is 5.97. The summed E-state index contributed by atoms with van der Waals surface area (Å²) in [7, 11) is 1.57. The number of benzene rings is 1. The summed E-state index contributed by atoms with van der Waals surface area (Å²) in [5, 5.41) is 2.85. The molecule has 0 fully saturated rings. The fourth-order valence-electron chi connectivity index (χ4n) is 2.41. The SMILES string of the molecule is CCCC(C)(N)C(=O)Nc1ccc(OC)c(OCc2ccncc2)c1. The number of nitrogens with two attached hydrogens (primary N) is 1. The summed E-state index contributed by atoms with van der Waals surface area (Å²) >= 11 is 0. The number of rotatable bonds is 8. The number of nitrogens with one attached hydrogen (secondary N) is 1. The van der Waals surface area contributed by atoms with E-state index in [-0.39, 0.29) is 5.91 Å². The summed E-state index contributed by atoms with van der Waals surface area (Å²) in [6.45, 7) is 4.10. The number of ether oxygens (including phenoxy) is 2. The molecule has 1 aromatic heterocycles. The van der Waals surface area contributed by atoms with Crippen LogP contribution in [0.15, 0.2) is 42.7 Å². The number of hydrogen-bond acceptors (Lipinski definition) is 5. The minimum absolute atomic E-state index is 0.223. The molecule has 1 aromatic carbocycles. The average molecular weight is 343 g/mol.